The van der Waals surface area contributed by atoms with Gasteiger partial charge in [-0.25, -0.2) is 0 Å². The second-order valence-electron chi connectivity index (χ2n) is 4.21. The lowest BCUT2D eigenvalue weighted by molar-refractivity contribution is 0.199. The van der Waals surface area contributed by atoms with Crippen molar-refractivity contribution in [1.29, 1.82) is 0 Å². The minimum Gasteiger partial charge on any atom is -0.494 e. The van der Waals surface area contributed by atoms with Gasteiger partial charge in [-0.2, -0.15) is 0 Å². The number of benzene rings is 1. The van der Waals surface area contributed by atoms with Crippen LogP contribution in [0.2, 0.25) is 0 Å². The van der Waals surface area contributed by atoms with Gasteiger partial charge in [0.2, 0.25) is 0 Å². The maximum atomic E-state index is 9.55. The molecule has 0 spiro atoms. The summed E-state index contributed by atoms with van der Waals surface area (Å²) in [5.41, 5.74) is 2.05. The SMILES string of the molecule is CCOc1ccc(C(C)O)cc1CN(C)C. The molecule has 1 atom stereocenters. The van der Waals surface area contributed by atoms with E-state index in [0.29, 0.717) is 6.61 Å². The number of hydrogen-bond donors (Lipinski definition) is 1. The van der Waals surface area contributed by atoms with Gasteiger partial charge in [0.1, 0.15) is 5.75 Å². The van der Waals surface area contributed by atoms with Crippen LogP contribution in [0.1, 0.15) is 31.1 Å². The molecule has 0 saturated carbocycles. The van der Waals surface area contributed by atoms with Crippen molar-refractivity contribution < 1.29 is 9.84 Å². The molecule has 0 aliphatic heterocycles. The molecule has 0 amide bonds. The summed E-state index contributed by atoms with van der Waals surface area (Å²) in [5.74, 6) is 0.903. The summed E-state index contributed by atoms with van der Waals surface area (Å²) in [6, 6.07) is 5.86. The van der Waals surface area contributed by atoms with E-state index in [1.54, 1.807) is 6.92 Å². The molecule has 3 heteroatoms. The fourth-order valence-electron chi connectivity index (χ4n) is 1.62. The Labute approximate surface area is 97.7 Å². The van der Waals surface area contributed by atoms with Crippen molar-refractivity contribution >= 4 is 0 Å². The predicted octanol–water partition coefficient (Wildman–Crippen LogP) is 2.20. The predicted molar refractivity (Wildman–Crippen MR) is 65.6 cm³/mol. The molecule has 0 fully saturated rings. The zero-order valence-electron chi connectivity index (χ0n) is 10.5. The van der Waals surface area contributed by atoms with Gasteiger partial charge in [-0.05, 0) is 45.6 Å². The fourth-order valence-corrected chi connectivity index (χ4v) is 1.62. The van der Waals surface area contributed by atoms with E-state index in [-0.39, 0.29) is 0 Å². The minimum atomic E-state index is -0.434. The highest BCUT2D eigenvalue weighted by Crippen LogP contribution is 2.24. The Morgan fingerprint density at radius 1 is 1.38 bits per heavy atom. The molecular formula is C13H21NO2. The number of ether oxygens (including phenoxy) is 1. The van der Waals surface area contributed by atoms with Crippen LogP contribution >= 0.6 is 0 Å². The molecule has 0 aliphatic carbocycles. The summed E-state index contributed by atoms with van der Waals surface area (Å²) in [5, 5.41) is 9.55. The Balaban J connectivity index is 3.00. The van der Waals surface area contributed by atoms with Gasteiger partial charge in [-0.15, -0.1) is 0 Å². The largest absolute Gasteiger partial charge is 0.494 e. The molecule has 0 aromatic heterocycles. The highest BCUT2D eigenvalue weighted by atomic mass is 16.5. The van der Waals surface area contributed by atoms with Gasteiger partial charge in [0.25, 0.3) is 0 Å². The summed E-state index contributed by atoms with van der Waals surface area (Å²) < 4.78 is 5.56. The van der Waals surface area contributed by atoms with Gasteiger partial charge >= 0.3 is 0 Å². The summed E-state index contributed by atoms with van der Waals surface area (Å²) >= 11 is 0. The highest BCUT2D eigenvalue weighted by Gasteiger charge is 2.08. The van der Waals surface area contributed by atoms with Crippen LogP contribution in [0.15, 0.2) is 18.2 Å². The first kappa shape index (κ1) is 13.0. The Kier molecular flexibility index (Phi) is 4.77. The third kappa shape index (κ3) is 3.51. The molecule has 1 rings (SSSR count). The lowest BCUT2D eigenvalue weighted by atomic mass is 10.1. The zero-order valence-corrected chi connectivity index (χ0v) is 10.5. The van der Waals surface area contributed by atoms with E-state index in [1.165, 1.54) is 0 Å². The highest BCUT2D eigenvalue weighted by molar-refractivity contribution is 5.38. The fraction of sp³-hybridized carbons (Fsp3) is 0.538. The van der Waals surface area contributed by atoms with Crippen LogP contribution in [0.5, 0.6) is 5.75 Å². The molecule has 1 unspecified atom stereocenters. The quantitative estimate of drug-likeness (QED) is 0.830. The molecule has 1 aromatic rings. The number of aliphatic hydroxyl groups is 1. The van der Waals surface area contributed by atoms with Gasteiger partial charge in [0.05, 0.1) is 12.7 Å². The summed E-state index contributed by atoms with van der Waals surface area (Å²) in [6.07, 6.45) is -0.434. The Morgan fingerprint density at radius 3 is 2.56 bits per heavy atom. The minimum absolute atomic E-state index is 0.434. The van der Waals surface area contributed by atoms with E-state index in [2.05, 4.69) is 4.90 Å². The van der Waals surface area contributed by atoms with E-state index in [0.717, 1.165) is 23.4 Å². The zero-order chi connectivity index (χ0) is 12.1. The van der Waals surface area contributed by atoms with E-state index in [4.69, 9.17) is 4.74 Å². The molecule has 1 N–H and O–H groups in total. The molecule has 90 valence electrons. The van der Waals surface area contributed by atoms with E-state index in [9.17, 15) is 5.11 Å². The van der Waals surface area contributed by atoms with E-state index >= 15 is 0 Å². The smallest absolute Gasteiger partial charge is 0.123 e. The van der Waals surface area contributed by atoms with Gasteiger partial charge in [-0.1, -0.05) is 6.07 Å². The van der Waals surface area contributed by atoms with Crippen LogP contribution < -0.4 is 4.74 Å². The first-order chi connectivity index (χ1) is 7.54. The molecule has 3 nitrogen and oxygen atoms in total. The monoisotopic (exact) mass is 223 g/mol. The van der Waals surface area contributed by atoms with Crippen LogP contribution in [0.25, 0.3) is 0 Å². The van der Waals surface area contributed by atoms with Gasteiger partial charge in [0, 0.05) is 12.1 Å². The lowest BCUT2D eigenvalue weighted by Gasteiger charge is -2.16. The standard InChI is InChI=1S/C13H21NO2/c1-5-16-13-7-6-11(10(2)15)8-12(13)9-14(3)4/h6-8,10,15H,5,9H2,1-4H3. The summed E-state index contributed by atoms with van der Waals surface area (Å²) in [7, 11) is 4.04. The van der Waals surface area contributed by atoms with Crippen molar-refractivity contribution in [2.24, 2.45) is 0 Å². The normalized spacial score (nSPS) is 12.9. The number of aliphatic hydroxyl groups excluding tert-OH is 1. The number of nitrogens with zero attached hydrogens (tertiary/aromatic N) is 1. The maximum Gasteiger partial charge on any atom is 0.123 e. The van der Waals surface area contributed by atoms with Crippen LogP contribution in [0, 0.1) is 0 Å². The number of hydrogen-bond acceptors (Lipinski definition) is 3. The molecule has 0 bridgehead atoms. The molecule has 0 saturated heterocycles. The molecule has 0 aliphatic rings. The molecule has 16 heavy (non-hydrogen) atoms. The van der Waals surface area contributed by atoms with Gasteiger partial charge < -0.3 is 14.7 Å². The lowest BCUT2D eigenvalue weighted by Crippen LogP contribution is -2.12. The Morgan fingerprint density at radius 2 is 2.06 bits per heavy atom. The van der Waals surface area contributed by atoms with E-state index < -0.39 is 6.10 Å². The van der Waals surface area contributed by atoms with E-state index in [1.807, 2.05) is 39.2 Å². The van der Waals surface area contributed by atoms with Crippen LogP contribution in [-0.4, -0.2) is 30.7 Å². The van der Waals surface area contributed by atoms with Crippen molar-refractivity contribution in [2.45, 2.75) is 26.5 Å². The summed E-state index contributed by atoms with van der Waals surface area (Å²) in [6.45, 7) is 5.22. The average Bonchev–Trinajstić information content (AvgIpc) is 2.19. The van der Waals surface area contributed by atoms with Crippen LogP contribution in [0.4, 0.5) is 0 Å². The molecular weight excluding hydrogens is 202 g/mol. The van der Waals surface area contributed by atoms with Crippen LogP contribution in [-0.2, 0) is 6.54 Å². The third-order valence-corrected chi connectivity index (χ3v) is 2.35. The topological polar surface area (TPSA) is 32.7 Å². The first-order valence-electron chi connectivity index (χ1n) is 5.63. The first-order valence-corrected chi connectivity index (χ1v) is 5.63. The van der Waals surface area contributed by atoms with Crippen LogP contribution in [0.3, 0.4) is 0 Å². The maximum absolute atomic E-state index is 9.55. The van der Waals surface area contributed by atoms with Crippen molar-refractivity contribution in [3.8, 4) is 5.75 Å². The Hall–Kier alpha value is -1.06. The van der Waals surface area contributed by atoms with Crippen molar-refractivity contribution in [3.05, 3.63) is 29.3 Å². The number of rotatable bonds is 5. The van der Waals surface area contributed by atoms with Crippen molar-refractivity contribution in [2.75, 3.05) is 20.7 Å². The third-order valence-electron chi connectivity index (χ3n) is 2.35. The average molecular weight is 223 g/mol. The Bertz CT molecular complexity index is 335. The van der Waals surface area contributed by atoms with Crippen molar-refractivity contribution in [1.82, 2.24) is 4.90 Å². The molecule has 0 heterocycles. The second-order valence-corrected chi connectivity index (χ2v) is 4.21. The second kappa shape index (κ2) is 5.87. The van der Waals surface area contributed by atoms with Crippen molar-refractivity contribution in [3.63, 3.8) is 0 Å². The molecule has 1 aromatic carbocycles. The van der Waals surface area contributed by atoms with Gasteiger partial charge in [0.15, 0.2) is 0 Å². The van der Waals surface area contributed by atoms with Gasteiger partial charge in [-0.3, -0.25) is 0 Å². The summed E-state index contributed by atoms with van der Waals surface area (Å²) in [4.78, 5) is 2.09. The molecule has 0 radical (unpaired) electrons.